The summed E-state index contributed by atoms with van der Waals surface area (Å²) >= 11 is 3.02. The molecule has 1 aromatic carbocycles. The van der Waals surface area contributed by atoms with Gasteiger partial charge in [0.2, 0.25) is 5.91 Å². The SMILES string of the molecule is Cc1cc(O)c(C(C)C)cc1-c1csc(N2C(=O)C(C)SC2c2ccco2)n1. The number of aromatic hydroxyl groups is 1. The molecule has 146 valence electrons. The lowest BCUT2D eigenvalue weighted by molar-refractivity contribution is -0.117. The largest absolute Gasteiger partial charge is 0.508 e. The molecule has 1 N–H and O–H groups in total. The fourth-order valence-corrected chi connectivity index (χ4v) is 5.52. The number of anilines is 1. The highest BCUT2D eigenvalue weighted by Gasteiger charge is 2.42. The lowest BCUT2D eigenvalue weighted by Crippen LogP contribution is -2.29. The van der Waals surface area contributed by atoms with Crippen molar-refractivity contribution in [2.45, 2.75) is 44.2 Å². The molecule has 1 aliphatic heterocycles. The van der Waals surface area contributed by atoms with E-state index in [1.165, 1.54) is 11.3 Å². The van der Waals surface area contributed by atoms with Gasteiger partial charge in [-0.15, -0.1) is 23.1 Å². The van der Waals surface area contributed by atoms with E-state index in [4.69, 9.17) is 9.40 Å². The van der Waals surface area contributed by atoms with Crippen LogP contribution in [-0.4, -0.2) is 21.2 Å². The Labute approximate surface area is 172 Å². The number of carbonyl (C=O) groups excluding carboxylic acids is 1. The highest BCUT2D eigenvalue weighted by atomic mass is 32.2. The fourth-order valence-electron chi connectivity index (χ4n) is 3.39. The van der Waals surface area contributed by atoms with Gasteiger partial charge in [-0.05, 0) is 55.2 Å². The molecule has 0 saturated carbocycles. The Hall–Kier alpha value is -2.25. The van der Waals surface area contributed by atoms with Gasteiger partial charge >= 0.3 is 0 Å². The average molecular weight is 415 g/mol. The summed E-state index contributed by atoms with van der Waals surface area (Å²) in [5.41, 5.74) is 3.64. The lowest BCUT2D eigenvalue weighted by Gasteiger charge is -2.19. The molecule has 1 amide bonds. The molecule has 7 heteroatoms. The van der Waals surface area contributed by atoms with E-state index >= 15 is 0 Å². The second kappa shape index (κ2) is 7.29. The molecule has 5 nitrogen and oxygen atoms in total. The van der Waals surface area contributed by atoms with E-state index in [1.54, 1.807) is 29.0 Å². The van der Waals surface area contributed by atoms with Crippen LogP contribution in [-0.2, 0) is 4.79 Å². The predicted octanol–water partition coefficient (Wildman–Crippen LogP) is 5.71. The first-order valence-corrected chi connectivity index (χ1v) is 11.0. The maximum absolute atomic E-state index is 12.8. The van der Waals surface area contributed by atoms with Crippen molar-refractivity contribution in [1.29, 1.82) is 0 Å². The molecule has 2 aromatic heterocycles. The first kappa shape index (κ1) is 19.1. The standard InChI is InChI=1S/C21H22N2O3S2/c1-11(2)14-9-15(12(3)8-17(14)24)16-10-27-21(22-16)23-19(25)13(4)28-20(23)18-6-5-7-26-18/h5-11,13,20,24H,1-4H3. The van der Waals surface area contributed by atoms with E-state index in [-0.39, 0.29) is 22.4 Å². The predicted molar refractivity (Wildman–Crippen MR) is 114 cm³/mol. The zero-order chi connectivity index (χ0) is 20.0. The number of furan rings is 1. The molecule has 1 saturated heterocycles. The van der Waals surface area contributed by atoms with Crippen molar-refractivity contribution in [2.24, 2.45) is 0 Å². The van der Waals surface area contributed by atoms with E-state index < -0.39 is 0 Å². The van der Waals surface area contributed by atoms with Gasteiger partial charge in [0.05, 0.1) is 17.2 Å². The fraction of sp³-hybridized carbons (Fsp3) is 0.333. The minimum absolute atomic E-state index is 0.0394. The minimum Gasteiger partial charge on any atom is -0.508 e. The summed E-state index contributed by atoms with van der Waals surface area (Å²) in [6, 6.07) is 7.52. The smallest absolute Gasteiger partial charge is 0.243 e. The van der Waals surface area contributed by atoms with Crippen LogP contribution in [0.1, 0.15) is 49.0 Å². The monoisotopic (exact) mass is 414 g/mol. The van der Waals surface area contributed by atoms with E-state index in [0.717, 1.165) is 28.1 Å². The van der Waals surface area contributed by atoms with Gasteiger partial charge in [-0.25, -0.2) is 4.98 Å². The van der Waals surface area contributed by atoms with Crippen molar-refractivity contribution in [1.82, 2.24) is 4.98 Å². The van der Waals surface area contributed by atoms with Crippen LogP contribution in [0, 0.1) is 6.92 Å². The third-order valence-electron chi connectivity index (χ3n) is 4.91. The van der Waals surface area contributed by atoms with Crippen molar-refractivity contribution >= 4 is 34.1 Å². The number of hydrogen-bond donors (Lipinski definition) is 1. The minimum atomic E-state index is -0.205. The summed E-state index contributed by atoms with van der Waals surface area (Å²) < 4.78 is 5.57. The molecule has 0 bridgehead atoms. The number of phenolic OH excluding ortho intramolecular Hbond substituents is 1. The van der Waals surface area contributed by atoms with Gasteiger partial charge in [0.1, 0.15) is 16.9 Å². The number of thiazole rings is 1. The number of aryl methyl sites for hydroxylation is 1. The molecule has 1 aliphatic rings. The summed E-state index contributed by atoms with van der Waals surface area (Å²) in [5, 5.41) is 12.5. The van der Waals surface area contributed by atoms with Crippen LogP contribution in [0.4, 0.5) is 5.13 Å². The Morgan fingerprint density at radius 3 is 2.79 bits per heavy atom. The Balaban J connectivity index is 1.73. The molecule has 4 rings (SSSR count). The van der Waals surface area contributed by atoms with Crippen LogP contribution in [0.25, 0.3) is 11.3 Å². The van der Waals surface area contributed by atoms with Crippen LogP contribution >= 0.6 is 23.1 Å². The van der Waals surface area contributed by atoms with Gasteiger partial charge in [-0.1, -0.05) is 13.8 Å². The lowest BCUT2D eigenvalue weighted by atomic mass is 9.95. The molecule has 3 aromatic rings. The number of benzene rings is 1. The number of phenols is 1. The molecule has 0 aliphatic carbocycles. The van der Waals surface area contributed by atoms with Gasteiger partial charge in [-0.2, -0.15) is 0 Å². The van der Waals surface area contributed by atoms with Gasteiger partial charge in [0, 0.05) is 10.9 Å². The Bertz CT molecular complexity index is 1010. The van der Waals surface area contributed by atoms with Crippen LogP contribution in [0.2, 0.25) is 0 Å². The van der Waals surface area contributed by atoms with Crippen LogP contribution < -0.4 is 4.90 Å². The molecule has 2 atom stereocenters. The number of aromatic nitrogens is 1. The Morgan fingerprint density at radius 2 is 2.11 bits per heavy atom. The summed E-state index contributed by atoms with van der Waals surface area (Å²) in [7, 11) is 0. The molecule has 28 heavy (non-hydrogen) atoms. The zero-order valence-corrected chi connectivity index (χ0v) is 17.8. The van der Waals surface area contributed by atoms with Crippen molar-refractivity contribution in [3.05, 3.63) is 52.8 Å². The first-order valence-electron chi connectivity index (χ1n) is 9.18. The third-order valence-corrected chi connectivity index (χ3v) is 7.06. The number of thioether (sulfide) groups is 1. The molecular formula is C21H22N2O3S2. The Kier molecular flexibility index (Phi) is 4.97. The first-order chi connectivity index (χ1) is 13.4. The molecular weight excluding hydrogens is 392 g/mol. The van der Waals surface area contributed by atoms with E-state index in [2.05, 4.69) is 13.8 Å². The van der Waals surface area contributed by atoms with Gasteiger partial charge < -0.3 is 9.52 Å². The topological polar surface area (TPSA) is 66.6 Å². The number of nitrogens with zero attached hydrogens (tertiary/aromatic N) is 2. The molecule has 0 spiro atoms. The zero-order valence-electron chi connectivity index (χ0n) is 16.2. The van der Waals surface area contributed by atoms with Gasteiger partial charge in [0.15, 0.2) is 5.13 Å². The highest BCUT2D eigenvalue weighted by Crippen LogP contribution is 2.47. The maximum Gasteiger partial charge on any atom is 0.243 e. The molecule has 1 fully saturated rings. The van der Waals surface area contributed by atoms with Crippen LogP contribution in [0.3, 0.4) is 0 Å². The van der Waals surface area contributed by atoms with E-state index in [1.807, 2.05) is 37.4 Å². The normalized spacial score (nSPS) is 19.8. The summed E-state index contributed by atoms with van der Waals surface area (Å²) in [6.07, 6.45) is 1.63. The second-order valence-electron chi connectivity index (χ2n) is 7.25. The average Bonchev–Trinajstić information content (AvgIpc) is 3.36. The molecule has 0 radical (unpaired) electrons. The van der Waals surface area contributed by atoms with Crippen molar-refractivity contribution < 1.29 is 14.3 Å². The summed E-state index contributed by atoms with van der Waals surface area (Å²) in [5.74, 6) is 1.31. The molecule has 3 heterocycles. The Morgan fingerprint density at radius 1 is 1.32 bits per heavy atom. The van der Waals surface area contributed by atoms with Gasteiger partial charge in [-0.3, -0.25) is 9.69 Å². The maximum atomic E-state index is 12.8. The highest BCUT2D eigenvalue weighted by molar-refractivity contribution is 8.01. The summed E-state index contributed by atoms with van der Waals surface area (Å²) in [4.78, 5) is 19.3. The number of carbonyl (C=O) groups is 1. The number of amides is 1. The van der Waals surface area contributed by atoms with Crippen molar-refractivity contribution in [2.75, 3.05) is 4.90 Å². The van der Waals surface area contributed by atoms with E-state index in [0.29, 0.717) is 10.9 Å². The second-order valence-corrected chi connectivity index (χ2v) is 9.51. The van der Waals surface area contributed by atoms with E-state index in [9.17, 15) is 9.90 Å². The quantitative estimate of drug-likeness (QED) is 0.592. The van der Waals surface area contributed by atoms with Crippen LogP contribution in [0.15, 0.2) is 40.3 Å². The van der Waals surface area contributed by atoms with Crippen molar-refractivity contribution in [3.8, 4) is 17.0 Å². The third kappa shape index (κ3) is 3.22. The molecule has 2 unspecified atom stereocenters. The number of hydrogen-bond acceptors (Lipinski definition) is 6. The summed E-state index contributed by atoms with van der Waals surface area (Å²) in [6.45, 7) is 7.98. The van der Waals surface area contributed by atoms with Crippen LogP contribution in [0.5, 0.6) is 5.75 Å². The number of rotatable bonds is 4. The van der Waals surface area contributed by atoms with Gasteiger partial charge in [0.25, 0.3) is 0 Å². The van der Waals surface area contributed by atoms with Crippen molar-refractivity contribution in [3.63, 3.8) is 0 Å².